The molecule has 1 unspecified atom stereocenters. The van der Waals surface area contributed by atoms with E-state index >= 15 is 0 Å². The third kappa shape index (κ3) is 5.90. The molecule has 4 heterocycles. The predicted octanol–water partition coefficient (Wildman–Crippen LogP) is 5.56. The van der Waals surface area contributed by atoms with E-state index in [1.807, 2.05) is 47.2 Å². The van der Waals surface area contributed by atoms with Gasteiger partial charge in [0.15, 0.2) is 17.6 Å². The summed E-state index contributed by atoms with van der Waals surface area (Å²) < 4.78 is 20.0. The molecule has 1 fully saturated rings. The lowest BCUT2D eigenvalue weighted by Gasteiger charge is -2.34. The zero-order chi connectivity index (χ0) is 27.5. The lowest BCUT2D eigenvalue weighted by Crippen LogP contribution is -2.33. The number of halogens is 1. The van der Waals surface area contributed by atoms with Gasteiger partial charge in [-0.25, -0.2) is 14.8 Å². The second kappa shape index (κ2) is 11.6. The minimum absolute atomic E-state index is 0.169. The molecule has 0 aliphatic carbocycles. The number of hydrogen-bond donors (Lipinski definition) is 1. The smallest absolute Gasteiger partial charge is 0.328 e. The van der Waals surface area contributed by atoms with Crippen LogP contribution >= 0.6 is 11.6 Å². The number of oxazole rings is 1. The number of fused-ring (bicyclic) bond motifs is 1. The molecule has 40 heavy (non-hydrogen) atoms. The van der Waals surface area contributed by atoms with Gasteiger partial charge in [-0.2, -0.15) is 0 Å². The summed E-state index contributed by atoms with van der Waals surface area (Å²) in [6, 6.07) is 13.8. The van der Waals surface area contributed by atoms with Crippen molar-refractivity contribution in [3.63, 3.8) is 0 Å². The van der Waals surface area contributed by atoms with E-state index in [4.69, 9.17) is 30.6 Å². The number of imidazole rings is 1. The lowest BCUT2D eigenvalue weighted by molar-refractivity contribution is -0.131. The standard InChI is InChI=1S/C30H29ClN4O5/c31-22-6-4-21(5-7-22)26-19-39-30-24(2-1-3-25(30)40-26)20-10-13-34(14-11-20)17-27-33-23(8-9-29(36)37)16-35(27)18-28-32-12-15-38-28/h1-9,12,15-16,20,26H,10-11,13-14,17-19H2,(H,36,37). The zero-order valence-corrected chi connectivity index (χ0v) is 22.5. The highest BCUT2D eigenvalue weighted by Crippen LogP contribution is 2.44. The van der Waals surface area contributed by atoms with Crippen molar-refractivity contribution < 1.29 is 23.8 Å². The molecule has 0 spiro atoms. The molecule has 6 rings (SSSR count). The molecule has 206 valence electrons. The number of aromatic nitrogens is 3. The highest BCUT2D eigenvalue weighted by atomic mass is 35.5. The number of rotatable bonds is 8. The van der Waals surface area contributed by atoms with Gasteiger partial charge in [-0.05, 0) is 61.7 Å². The SMILES string of the molecule is O=C(O)C=Cc1cn(Cc2ncco2)c(CN2CCC(c3cccc4c3OCC(c3ccc(Cl)cc3)O4)CC2)n1. The highest BCUT2D eigenvalue weighted by Gasteiger charge is 2.29. The Morgan fingerprint density at radius 1 is 1.12 bits per heavy atom. The molecule has 10 heteroatoms. The van der Waals surface area contributed by atoms with Crippen LogP contribution in [0.4, 0.5) is 0 Å². The Balaban J connectivity index is 1.12. The Morgan fingerprint density at radius 3 is 2.70 bits per heavy atom. The van der Waals surface area contributed by atoms with Crippen molar-refractivity contribution >= 4 is 23.6 Å². The number of nitrogens with zero attached hydrogens (tertiary/aromatic N) is 4. The van der Waals surface area contributed by atoms with Gasteiger partial charge in [0.25, 0.3) is 0 Å². The minimum Gasteiger partial charge on any atom is -0.485 e. The summed E-state index contributed by atoms with van der Waals surface area (Å²) in [4.78, 5) is 22.3. The fourth-order valence-corrected chi connectivity index (χ4v) is 5.47. The molecule has 2 aliphatic rings. The van der Waals surface area contributed by atoms with E-state index in [0.717, 1.165) is 54.9 Å². The number of likely N-dealkylation sites (tertiary alicyclic amines) is 1. The number of piperidine rings is 1. The Morgan fingerprint density at radius 2 is 1.95 bits per heavy atom. The quantitative estimate of drug-likeness (QED) is 0.279. The van der Waals surface area contributed by atoms with Gasteiger partial charge >= 0.3 is 5.97 Å². The van der Waals surface area contributed by atoms with E-state index in [-0.39, 0.29) is 6.10 Å². The van der Waals surface area contributed by atoms with Crippen molar-refractivity contribution in [2.24, 2.45) is 0 Å². The van der Waals surface area contributed by atoms with Crippen LogP contribution in [0.3, 0.4) is 0 Å². The Bertz CT molecular complexity index is 1490. The number of aliphatic carboxylic acids is 1. The second-order valence-corrected chi connectivity index (χ2v) is 10.4. The number of carboxylic acid groups (broad SMARTS) is 1. The maximum Gasteiger partial charge on any atom is 0.328 e. The largest absolute Gasteiger partial charge is 0.485 e. The monoisotopic (exact) mass is 560 g/mol. The molecule has 0 amide bonds. The first-order valence-electron chi connectivity index (χ1n) is 13.3. The van der Waals surface area contributed by atoms with Gasteiger partial charge in [0.2, 0.25) is 5.89 Å². The number of carboxylic acids is 1. The van der Waals surface area contributed by atoms with Crippen LogP contribution in [0.5, 0.6) is 11.5 Å². The summed E-state index contributed by atoms with van der Waals surface area (Å²) in [5.41, 5.74) is 2.82. The summed E-state index contributed by atoms with van der Waals surface area (Å²) in [5.74, 6) is 2.39. The van der Waals surface area contributed by atoms with E-state index in [2.05, 4.69) is 20.9 Å². The lowest BCUT2D eigenvalue weighted by atomic mass is 9.88. The second-order valence-electron chi connectivity index (χ2n) is 10.0. The molecule has 1 atom stereocenters. The Kier molecular flexibility index (Phi) is 7.57. The predicted molar refractivity (Wildman–Crippen MR) is 149 cm³/mol. The molecule has 1 saturated heterocycles. The number of benzene rings is 2. The third-order valence-corrected chi connectivity index (χ3v) is 7.61. The van der Waals surface area contributed by atoms with Crippen LogP contribution < -0.4 is 9.47 Å². The van der Waals surface area contributed by atoms with Crippen LogP contribution in [0.1, 0.15) is 53.4 Å². The van der Waals surface area contributed by atoms with Gasteiger partial charge in [-0.3, -0.25) is 4.90 Å². The summed E-state index contributed by atoms with van der Waals surface area (Å²) in [5, 5.41) is 9.71. The van der Waals surface area contributed by atoms with Gasteiger partial charge in [-0.15, -0.1) is 0 Å². The fourth-order valence-electron chi connectivity index (χ4n) is 5.34. The molecule has 2 aliphatic heterocycles. The van der Waals surface area contributed by atoms with E-state index in [1.165, 1.54) is 17.9 Å². The molecule has 2 aromatic carbocycles. The van der Waals surface area contributed by atoms with Crippen LogP contribution in [0.15, 0.2) is 71.6 Å². The Labute approximate surface area is 236 Å². The maximum atomic E-state index is 11.0. The van der Waals surface area contributed by atoms with Crippen molar-refractivity contribution in [3.8, 4) is 11.5 Å². The molecule has 9 nitrogen and oxygen atoms in total. The number of ether oxygens (including phenoxy) is 2. The molecule has 0 radical (unpaired) electrons. The fraction of sp³-hybridized carbons (Fsp3) is 0.300. The number of hydrogen-bond acceptors (Lipinski definition) is 7. The first kappa shape index (κ1) is 26.2. The molecule has 0 saturated carbocycles. The topological polar surface area (TPSA) is 103 Å². The molecule has 0 bridgehead atoms. The van der Waals surface area contributed by atoms with Crippen molar-refractivity contribution in [3.05, 3.63) is 101 Å². The first-order valence-corrected chi connectivity index (χ1v) is 13.7. The molecule has 2 aromatic heterocycles. The van der Waals surface area contributed by atoms with Crippen LogP contribution in [-0.4, -0.2) is 50.2 Å². The summed E-state index contributed by atoms with van der Waals surface area (Å²) in [6.07, 6.45) is 9.36. The summed E-state index contributed by atoms with van der Waals surface area (Å²) in [6.45, 7) is 3.32. The van der Waals surface area contributed by atoms with Gasteiger partial charge in [-0.1, -0.05) is 35.9 Å². The molecule has 1 N–H and O–H groups in total. The van der Waals surface area contributed by atoms with E-state index in [1.54, 1.807) is 6.20 Å². The normalized spacial score (nSPS) is 17.9. The first-order chi connectivity index (χ1) is 19.5. The van der Waals surface area contributed by atoms with Crippen LogP contribution in [0.25, 0.3) is 6.08 Å². The number of para-hydroxylation sites is 1. The van der Waals surface area contributed by atoms with Crippen LogP contribution in [-0.2, 0) is 17.9 Å². The van der Waals surface area contributed by atoms with E-state index in [0.29, 0.717) is 42.2 Å². The van der Waals surface area contributed by atoms with Gasteiger partial charge in [0.05, 0.1) is 18.4 Å². The van der Waals surface area contributed by atoms with E-state index < -0.39 is 5.97 Å². The average molecular weight is 561 g/mol. The van der Waals surface area contributed by atoms with Gasteiger partial charge < -0.3 is 23.6 Å². The summed E-state index contributed by atoms with van der Waals surface area (Å²) in [7, 11) is 0. The van der Waals surface area contributed by atoms with Crippen molar-refractivity contribution in [2.45, 2.75) is 38.0 Å². The number of carbonyl (C=O) groups is 1. The molecular weight excluding hydrogens is 532 g/mol. The van der Waals surface area contributed by atoms with Crippen LogP contribution in [0, 0.1) is 0 Å². The zero-order valence-electron chi connectivity index (χ0n) is 21.8. The Hall–Kier alpha value is -4.08. The van der Waals surface area contributed by atoms with Crippen LogP contribution in [0.2, 0.25) is 5.02 Å². The maximum absolute atomic E-state index is 11.0. The highest BCUT2D eigenvalue weighted by molar-refractivity contribution is 6.30. The van der Waals surface area contributed by atoms with Gasteiger partial charge in [0.1, 0.15) is 25.2 Å². The van der Waals surface area contributed by atoms with Gasteiger partial charge in [0, 0.05) is 22.9 Å². The van der Waals surface area contributed by atoms with E-state index in [9.17, 15) is 4.79 Å². The molecule has 4 aromatic rings. The van der Waals surface area contributed by atoms with Crippen molar-refractivity contribution in [2.75, 3.05) is 19.7 Å². The minimum atomic E-state index is -1.01. The summed E-state index contributed by atoms with van der Waals surface area (Å²) >= 11 is 6.05. The van der Waals surface area contributed by atoms with Crippen molar-refractivity contribution in [1.29, 1.82) is 0 Å². The van der Waals surface area contributed by atoms with Crippen molar-refractivity contribution in [1.82, 2.24) is 19.4 Å². The molecular formula is C30H29ClN4O5. The third-order valence-electron chi connectivity index (χ3n) is 7.36. The average Bonchev–Trinajstić information content (AvgIpc) is 3.62.